The normalized spacial score (nSPS) is 12.0. The Bertz CT molecular complexity index is 275. The number of ether oxygens (including phenoxy) is 2. The Kier molecular flexibility index (Phi) is 20.8. The van der Waals surface area contributed by atoms with Crippen molar-refractivity contribution in [3.05, 3.63) is 0 Å². The van der Waals surface area contributed by atoms with Crippen molar-refractivity contribution in [3.8, 4) is 0 Å². The van der Waals surface area contributed by atoms with Crippen LogP contribution in [0.5, 0.6) is 0 Å². The van der Waals surface area contributed by atoms with Crippen molar-refractivity contribution in [1.29, 1.82) is 0 Å². The summed E-state index contributed by atoms with van der Waals surface area (Å²) in [6.45, 7) is 13.2. The minimum atomic E-state index is -2.42. The van der Waals surface area contributed by atoms with Gasteiger partial charge in [-0.25, -0.2) is 0 Å². The fraction of sp³-hybridized carbons (Fsp3) is 1.00. The number of hydrogen-bond donors (Lipinski definition) is 0. The monoisotopic (exact) mass is 406 g/mol. The van der Waals surface area contributed by atoms with Gasteiger partial charge in [0.05, 0.1) is 13.2 Å². The van der Waals surface area contributed by atoms with Gasteiger partial charge in [-0.3, -0.25) is 0 Å². The lowest BCUT2D eigenvalue weighted by Gasteiger charge is -2.28. The quantitative estimate of drug-likeness (QED) is 0.173. The van der Waals surface area contributed by atoms with Gasteiger partial charge in [-0.1, -0.05) is 44.9 Å². The highest BCUT2D eigenvalue weighted by atomic mass is 28.4. The molecule has 27 heavy (non-hydrogen) atoms. The van der Waals surface area contributed by atoms with Crippen molar-refractivity contribution >= 4 is 8.80 Å². The molecule has 0 aliphatic carbocycles. The standard InChI is InChI=1S/C21H46O5Si/c1-5-22-19-20-23-18-16-14-12-10-9-11-13-15-17-21-27(24-6-2,25-7-3)26-8-4/h5-21H2,1-4H3. The summed E-state index contributed by atoms with van der Waals surface area (Å²) in [4.78, 5) is 0. The SMILES string of the molecule is CCOCCOCCCCCCCCCCC[Si](OCC)(OCC)OCC. The van der Waals surface area contributed by atoms with Crippen LogP contribution >= 0.6 is 0 Å². The average Bonchev–Trinajstić information content (AvgIpc) is 2.65. The number of unbranched alkanes of at least 4 members (excludes halogenated alkanes) is 8. The Morgan fingerprint density at radius 3 is 1.37 bits per heavy atom. The van der Waals surface area contributed by atoms with Gasteiger partial charge in [0.25, 0.3) is 0 Å². The van der Waals surface area contributed by atoms with Crippen molar-refractivity contribution in [1.82, 2.24) is 0 Å². The summed E-state index contributed by atoms with van der Waals surface area (Å²) >= 11 is 0. The molecule has 0 saturated heterocycles. The maximum atomic E-state index is 5.91. The lowest BCUT2D eigenvalue weighted by Crippen LogP contribution is -2.45. The Morgan fingerprint density at radius 1 is 0.444 bits per heavy atom. The van der Waals surface area contributed by atoms with E-state index in [-0.39, 0.29) is 0 Å². The van der Waals surface area contributed by atoms with E-state index in [1.165, 1.54) is 51.4 Å². The molecule has 0 atom stereocenters. The zero-order valence-electron chi connectivity index (χ0n) is 18.6. The third kappa shape index (κ3) is 16.7. The maximum Gasteiger partial charge on any atom is 0.500 e. The molecule has 0 aliphatic rings. The molecule has 0 N–H and O–H groups in total. The first-order valence-electron chi connectivity index (χ1n) is 11.3. The summed E-state index contributed by atoms with van der Waals surface area (Å²) < 4.78 is 28.5. The van der Waals surface area contributed by atoms with Crippen LogP contribution in [-0.2, 0) is 22.8 Å². The van der Waals surface area contributed by atoms with Gasteiger partial charge < -0.3 is 22.8 Å². The first-order valence-corrected chi connectivity index (χ1v) is 13.2. The second-order valence-corrected chi connectivity index (χ2v) is 9.46. The second-order valence-electron chi connectivity index (χ2n) is 6.72. The van der Waals surface area contributed by atoms with Gasteiger partial charge in [0.2, 0.25) is 0 Å². The predicted octanol–water partition coefficient (Wildman–Crippen LogP) is 5.60. The third-order valence-corrected chi connectivity index (χ3v) is 7.59. The second kappa shape index (κ2) is 20.7. The molecule has 0 aromatic heterocycles. The Morgan fingerprint density at radius 2 is 0.889 bits per heavy atom. The van der Waals surface area contributed by atoms with Gasteiger partial charge in [0.1, 0.15) is 0 Å². The van der Waals surface area contributed by atoms with Crippen LogP contribution in [0.4, 0.5) is 0 Å². The van der Waals surface area contributed by atoms with Gasteiger partial charge in [0, 0.05) is 39.1 Å². The molecule has 0 rings (SSSR count). The summed E-state index contributed by atoms with van der Waals surface area (Å²) in [6.07, 6.45) is 11.5. The Balaban J connectivity index is 3.49. The molecule has 0 heterocycles. The van der Waals surface area contributed by atoms with Crippen LogP contribution < -0.4 is 0 Å². The molecule has 0 unspecified atom stereocenters. The number of hydrogen-bond acceptors (Lipinski definition) is 5. The minimum absolute atomic E-state index is 0.670. The van der Waals surface area contributed by atoms with Crippen LogP contribution in [0.15, 0.2) is 0 Å². The van der Waals surface area contributed by atoms with E-state index < -0.39 is 8.80 Å². The molecule has 0 bridgehead atoms. The summed E-state index contributed by atoms with van der Waals surface area (Å²) in [7, 11) is -2.42. The molecule has 0 aromatic carbocycles. The zero-order chi connectivity index (χ0) is 20.1. The van der Waals surface area contributed by atoms with E-state index in [1.807, 2.05) is 27.7 Å². The fourth-order valence-electron chi connectivity index (χ4n) is 3.15. The summed E-state index contributed by atoms with van der Waals surface area (Å²) in [6, 6.07) is 0.950. The minimum Gasteiger partial charge on any atom is -0.379 e. The van der Waals surface area contributed by atoms with Gasteiger partial charge in [-0.2, -0.15) is 0 Å². The van der Waals surface area contributed by atoms with E-state index in [4.69, 9.17) is 22.8 Å². The topological polar surface area (TPSA) is 46.2 Å². The average molecular weight is 407 g/mol. The highest BCUT2D eigenvalue weighted by molar-refractivity contribution is 6.60. The lowest BCUT2D eigenvalue weighted by molar-refractivity contribution is 0.0512. The Hall–Kier alpha value is 0.0169. The van der Waals surface area contributed by atoms with Crippen molar-refractivity contribution in [2.75, 3.05) is 46.2 Å². The van der Waals surface area contributed by atoms with Crippen LogP contribution in [-0.4, -0.2) is 55.1 Å². The van der Waals surface area contributed by atoms with Crippen LogP contribution in [0.1, 0.15) is 85.5 Å². The van der Waals surface area contributed by atoms with Crippen molar-refractivity contribution in [2.24, 2.45) is 0 Å². The predicted molar refractivity (Wildman–Crippen MR) is 114 cm³/mol. The molecule has 0 radical (unpaired) electrons. The highest BCUT2D eigenvalue weighted by Gasteiger charge is 2.39. The van der Waals surface area contributed by atoms with E-state index in [9.17, 15) is 0 Å². The third-order valence-electron chi connectivity index (χ3n) is 4.44. The molecule has 0 aromatic rings. The van der Waals surface area contributed by atoms with E-state index in [1.54, 1.807) is 0 Å². The summed E-state index contributed by atoms with van der Waals surface area (Å²) in [5.41, 5.74) is 0. The largest absolute Gasteiger partial charge is 0.500 e. The molecule has 0 aliphatic heterocycles. The molecule has 0 fully saturated rings. The van der Waals surface area contributed by atoms with E-state index in [0.717, 1.165) is 38.9 Å². The van der Waals surface area contributed by atoms with Crippen LogP contribution in [0.3, 0.4) is 0 Å². The van der Waals surface area contributed by atoms with Gasteiger partial charge in [-0.15, -0.1) is 0 Å². The van der Waals surface area contributed by atoms with E-state index in [0.29, 0.717) is 19.8 Å². The molecule has 0 spiro atoms. The number of rotatable bonds is 22. The maximum absolute atomic E-state index is 5.91. The van der Waals surface area contributed by atoms with Crippen molar-refractivity contribution < 1.29 is 22.8 Å². The Labute approximate surface area is 169 Å². The molecule has 0 amide bonds. The lowest BCUT2D eigenvalue weighted by atomic mass is 10.1. The van der Waals surface area contributed by atoms with E-state index in [2.05, 4.69) is 0 Å². The van der Waals surface area contributed by atoms with E-state index >= 15 is 0 Å². The first kappa shape index (κ1) is 27.0. The zero-order valence-corrected chi connectivity index (χ0v) is 19.6. The summed E-state index contributed by atoms with van der Waals surface area (Å²) in [5, 5.41) is 0. The first-order chi connectivity index (χ1) is 13.2. The van der Waals surface area contributed by atoms with Gasteiger partial charge in [-0.05, 0) is 40.5 Å². The summed E-state index contributed by atoms with van der Waals surface area (Å²) in [5.74, 6) is 0. The molecular weight excluding hydrogens is 360 g/mol. The molecule has 5 nitrogen and oxygen atoms in total. The molecule has 164 valence electrons. The van der Waals surface area contributed by atoms with Gasteiger partial charge >= 0.3 is 8.80 Å². The molecule has 6 heteroatoms. The smallest absolute Gasteiger partial charge is 0.379 e. The van der Waals surface area contributed by atoms with Gasteiger partial charge in [0.15, 0.2) is 0 Å². The molecule has 0 saturated carbocycles. The molecular formula is C21H46O5Si. The fourth-order valence-corrected chi connectivity index (χ4v) is 5.83. The van der Waals surface area contributed by atoms with Crippen molar-refractivity contribution in [3.63, 3.8) is 0 Å². The van der Waals surface area contributed by atoms with Crippen LogP contribution in [0.2, 0.25) is 6.04 Å². The van der Waals surface area contributed by atoms with Crippen molar-refractivity contribution in [2.45, 2.75) is 91.5 Å². The highest BCUT2D eigenvalue weighted by Crippen LogP contribution is 2.20. The van der Waals surface area contributed by atoms with Crippen LogP contribution in [0.25, 0.3) is 0 Å². The van der Waals surface area contributed by atoms with Crippen LogP contribution in [0, 0.1) is 0 Å².